The number of aromatic amines is 1. The Balaban J connectivity index is 1.31. The maximum absolute atomic E-state index is 11.0. The molecule has 0 spiro atoms. The van der Waals surface area contributed by atoms with E-state index in [4.69, 9.17) is 14.5 Å². The van der Waals surface area contributed by atoms with Crippen molar-refractivity contribution in [2.75, 3.05) is 24.0 Å². The predicted molar refractivity (Wildman–Crippen MR) is 118 cm³/mol. The van der Waals surface area contributed by atoms with Crippen LogP contribution < -0.4 is 15.0 Å². The predicted octanol–water partition coefficient (Wildman–Crippen LogP) is 2.48. The summed E-state index contributed by atoms with van der Waals surface area (Å²) in [6, 6.07) is 3.81. The Hall–Kier alpha value is -3.05. The second-order valence-electron chi connectivity index (χ2n) is 10.0. The minimum atomic E-state index is -0.496. The van der Waals surface area contributed by atoms with E-state index in [1.807, 2.05) is 20.0 Å². The van der Waals surface area contributed by atoms with Gasteiger partial charge in [-0.25, -0.2) is 0 Å². The van der Waals surface area contributed by atoms with Gasteiger partial charge in [0.25, 0.3) is 5.88 Å². The molecule has 3 heterocycles. The van der Waals surface area contributed by atoms with E-state index in [1.54, 1.807) is 6.07 Å². The molecule has 0 aromatic carbocycles. The lowest BCUT2D eigenvalue weighted by atomic mass is 9.52. The highest BCUT2D eigenvalue weighted by Crippen LogP contribution is 2.57. The Bertz CT molecular complexity index is 1070. The molecule has 176 valence electrons. The molecule has 7 rings (SSSR count). The fourth-order valence-corrected chi connectivity index (χ4v) is 6.51. The van der Waals surface area contributed by atoms with Crippen LogP contribution >= 0.6 is 0 Å². The van der Waals surface area contributed by atoms with E-state index < -0.39 is 5.60 Å². The van der Waals surface area contributed by atoms with Gasteiger partial charge in [-0.1, -0.05) is 0 Å². The molecule has 4 aliphatic carbocycles. The Morgan fingerprint density at radius 3 is 2.64 bits per heavy atom. The fraction of sp³-hybridized carbons (Fsp3) is 0.591. The van der Waals surface area contributed by atoms with Crippen LogP contribution in [0, 0.1) is 24.7 Å². The SMILES string of the molecule is Cc1cc(Nc2cc(OC3=COCN3O)nc(N(C)C3C4CC5CC3CC(O)(C5)C4)n2)n[nH]1. The molecule has 2 unspecified atom stereocenters. The number of anilines is 3. The van der Waals surface area contributed by atoms with Crippen LogP contribution in [0.3, 0.4) is 0 Å². The molecule has 0 radical (unpaired) electrons. The Labute approximate surface area is 191 Å². The molecule has 4 N–H and O–H groups in total. The minimum absolute atomic E-state index is 0.000339. The minimum Gasteiger partial charge on any atom is -0.473 e. The molecular weight excluding hydrogens is 426 g/mol. The summed E-state index contributed by atoms with van der Waals surface area (Å²) in [7, 11) is 2.02. The number of hydroxylamine groups is 2. The van der Waals surface area contributed by atoms with Gasteiger partial charge in [-0.2, -0.15) is 20.1 Å². The second kappa shape index (κ2) is 7.49. The molecule has 11 heteroatoms. The third-order valence-corrected chi connectivity index (χ3v) is 7.45. The highest BCUT2D eigenvalue weighted by Gasteiger charge is 2.56. The maximum Gasteiger partial charge on any atom is 0.259 e. The van der Waals surface area contributed by atoms with Crippen LogP contribution in [-0.2, 0) is 4.74 Å². The number of hydrogen-bond donors (Lipinski definition) is 4. The van der Waals surface area contributed by atoms with Gasteiger partial charge in [-0.15, -0.1) is 0 Å². The number of ether oxygens (including phenoxy) is 2. The van der Waals surface area contributed by atoms with Crippen LogP contribution in [0.2, 0.25) is 0 Å². The number of nitrogens with one attached hydrogen (secondary N) is 2. The topological polar surface area (TPSA) is 132 Å². The zero-order valence-corrected chi connectivity index (χ0v) is 18.7. The summed E-state index contributed by atoms with van der Waals surface area (Å²) in [5.74, 6) is 3.58. The first-order valence-electron chi connectivity index (χ1n) is 11.4. The summed E-state index contributed by atoms with van der Waals surface area (Å²) in [4.78, 5) is 11.6. The molecule has 33 heavy (non-hydrogen) atoms. The lowest BCUT2D eigenvalue weighted by Crippen LogP contribution is -2.61. The highest BCUT2D eigenvalue weighted by molar-refractivity contribution is 5.55. The van der Waals surface area contributed by atoms with Crippen molar-refractivity contribution in [3.63, 3.8) is 0 Å². The Morgan fingerprint density at radius 2 is 2.00 bits per heavy atom. The van der Waals surface area contributed by atoms with Gasteiger partial charge in [0, 0.05) is 30.9 Å². The Kier molecular flexibility index (Phi) is 4.66. The van der Waals surface area contributed by atoms with Crippen molar-refractivity contribution in [3.05, 3.63) is 30.0 Å². The van der Waals surface area contributed by atoms with E-state index >= 15 is 0 Å². The smallest absolute Gasteiger partial charge is 0.259 e. The van der Waals surface area contributed by atoms with Crippen molar-refractivity contribution in [3.8, 4) is 5.88 Å². The molecule has 4 saturated carbocycles. The monoisotopic (exact) mass is 455 g/mol. The molecule has 0 amide bonds. The summed E-state index contributed by atoms with van der Waals surface area (Å²) in [5.41, 5.74) is 0.431. The van der Waals surface area contributed by atoms with Gasteiger partial charge in [-0.3, -0.25) is 10.3 Å². The molecular formula is C22H29N7O4. The van der Waals surface area contributed by atoms with E-state index in [0.717, 1.165) is 42.9 Å². The van der Waals surface area contributed by atoms with Gasteiger partial charge in [-0.05, 0) is 56.8 Å². The summed E-state index contributed by atoms with van der Waals surface area (Å²) < 4.78 is 10.9. The number of aromatic nitrogens is 4. The van der Waals surface area contributed by atoms with Gasteiger partial charge < -0.3 is 24.8 Å². The van der Waals surface area contributed by atoms with Crippen molar-refractivity contribution >= 4 is 17.6 Å². The maximum atomic E-state index is 11.0. The third kappa shape index (κ3) is 3.74. The van der Waals surface area contributed by atoms with Crippen molar-refractivity contribution < 1.29 is 19.8 Å². The lowest BCUT2D eigenvalue weighted by molar-refractivity contribution is -0.133. The van der Waals surface area contributed by atoms with Crippen molar-refractivity contribution in [1.29, 1.82) is 0 Å². The van der Waals surface area contributed by atoms with E-state index in [1.165, 1.54) is 6.26 Å². The van der Waals surface area contributed by atoms with Gasteiger partial charge in [0.2, 0.25) is 11.8 Å². The first-order chi connectivity index (χ1) is 15.8. The van der Waals surface area contributed by atoms with Gasteiger partial charge >= 0.3 is 0 Å². The standard InChI is InChI=1S/C22H29N7O4/c1-12-3-17(27-26-12)23-16-6-18(33-19-10-32-11-29(19)31)25-21(24-16)28(2)20-14-4-13-5-15(20)9-22(30,7-13)8-14/h3,6,10,13-15,20,30-31H,4-5,7-9,11H2,1-2H3,(H2,23,24,25,26,27). The van der Waals surface area contributed by atoms with Crippen LogP contribution in [0.4, 0.5) is 17.6 Å². The molecule has 11 nitrogen and oxygen atoms in total. The average molecular weight is 456 g/mol. The number of aliphatic hydroxyl groups is 1. The normalized spacial score (nSPS) is 32.0. The molecule has 2 atom stereocenters. The van der Waals surface area contributed by atoms with E-state index in [2.05, 4.69) is 25.4 Å². The van der Waals surface area contributed by atoms with E-state index in [0.29, 0.717) is 35.3 Å². The van der Waals surface area contributed by atoms with E-state index in [9.17, 15) is 10.3 Å². The third-order valence-electron chi connectivity index (χ3n) is 7.45. The summed E-state index contributed by atoms with van der Waals surface area (Å²) in [6.45, 7) is 1.93. The zero-order valence-electron chi connectivity index (χ0n) is 18.7. The van der Waals surface area contributed by atoms with Gasteiger partial charge in [0.15, 0.2) is 12.5 Å². The van der Waals surface area contributed by atoms with Gasteiger partial charge in [0.05, 0.1) is 5.60 Å². The molecule has 1 aliphatic heterocycles. The molecule has 4 fully saturated rings. The highest BCUT2D eigenvalue weighted by atomic mass is 16.7. The molecule has 0 saturated heterocycles. The first-order valence-corrected chi connectivity index (χ1v) is 11.4. The fourth-order valence-electron chi connectivity index (χ4n) is 6.51. The van der Waals surface area contributed by atoms with Crippen molar-refractivity contribution in [2.45, 2.75) is 50.7 Å². The lowest BCUT2D eigenvalue weighted by Gasteiger charge is -2.59. The molecule has 4 bridgehead atoms. The molecule has 5 aliphatic rings. The number of H-pyrrole nitrogens is 1. The summed E-state index contributed by atoms with van der Waals surface area (Å²) >= 11 is 0. The van der Waals surface area contributed by atoms with Crippen LogP contribution in [0.1, 0.15) is 37.8 Å². The number of rotatable bonds is 6. The van der Waals surface area contributed by atoms with Crippen molar-refractivity contribution in [1.82, 2.24) is 25.2 Å². The Morgan fingerprint density at radius 1 is 1.21 bits per heavy atom. The van der Waals surface area contributed by atoms with Gasteiger partial charge in [0.1, 0.15) is 12.1 Å². The number of nitrogens with zero attached hydrogens (tertiary/aromatic N) is 5. The van der Waals surface area contributed by atoms with Crippen LogP contribution in [0.15, 0.2) is 24.3 Å². The zero-order chi connectivity index (χ0) is 22.7. The number of hydrogen-bond acceptors (Lipinski definition) is 10. The first kappa shape index (κ1) is 20.5. The van der Waals surface area contributed by atoms with E-state index in [-0.39, 0.29) is 24.5 Å². The second-order valence-corrected chi connectivity index (χ2v) is 10.0. The molecule has 2 aromatic rings. The quantitative estimate of drug-likeness (QED) is 0.515. The average Bonchev–Trinajstić information content (AvgIpc) is 3.34. The molecule has 2 aromatic heterocycles. The number of aryl methyl sites for hydroxylation is 1. The van der Waals surface area contributed by atoms with Crippen LogP contribution in [0.25, 0.3) is 0 Å². The summed E-state index contributed by atoms with van der Waals surface area (Å²) in [5, 5.41) is 32.1. The van der Waals surface area contributed by atoms with Crippen molar-refractivity contribution in [2.24, 2.45) is 17.8 Å². The van der Waals surface area contributed by atoms with Crippen LogP contribution in [0.5, 0.6) is 5.88 Å². The summed E-state index contributed by atoms with van der Waals surface area (Å²) in [6.07, 6.45) is 6.26. The van der Waals surface area contributed by atoms with Crippen LogP contribution in [-0.4, -0.2) is 61.0 Å². The largest absolute Gasteiger partial charge is 0.473 e.